The number of hydrogen-bond acceptors (Lipinski definition) is 5. The minimum atomic E-state index is -3.15. The van der Waals surface area contributed by atoms with E-state index in [1.165, 1.54) is 13.4 Å². The van der Waals surface area contributed by atoms with Crippen LogP contribution in [-0.4, -0.2) is 39.8 Å². The zero-order chi connectivity index (χ0) is 18.9. The molecule has 0 aromatic heterocycles. The first-order chi connectivity index (χ1) is 12.3. The molecular formula is C18H24N2O5S. The van der Waals surface area contributed by atoms with Crippen molar-refractivity contribution >= 4 is 27.5 Å². The number of carbonyl (C=O) groups is 2. The zero-order valence-electron chi connectivity index (χ0n) is 14.9. The van der Waals surface area contributed by atoms with Gasteiger partial charge in [-0.25, -0.2) is 13.2 Å². The number of anilines is 1. The molecule has 0 saturated heterocycles. The molecule has 2 aliphatic rings. The van der Waals surface area contributed by atoms with Gasteiger partial charge in [0.1, 0.15) is 0 Å². The number of benzene rings is 1. The number of fused-ring (bicyclic) bond motifs is 2. The van der Waals surface area contributed by atoms with Gasteiger partial charge in [0.15, 0.2) is 9.84 Å². The molecule has 4 atom stereocenters. The molecule has 0 radical (unpaired) electrons. The quantitative estimate of drug-likeness (QED) is 0.760. The largest absolute Gasteiger partial charge is 0.469 e. The van der Waals surface area contributed by atoms with Crippen LogP contribution in [0.1, 0.15) is 24.8 Å². The van der Waals surface area contributed by atoms with E-state index in [0.29, 0.717) is 17.2 Å². The molecule has 1 aromatic carbocycles. The fraction of sp³-hybridized carbons (Fsp3) is 0.556. The van der Waals surface area contributed by atoms with E-state index in [4.69, 9.17) is 4.74 Å². The molecule has 0 unspecified atom stereocenters. The van der Waals surface area contributed by atoms with E-state index in [1.54, 1.807) is 24.3 Å². The van der Waals surface area contributed by atoms with E-state index in [9.17, 15) is 18.0 Å². The third-order valence-electron chi connectivity index (χ3n) is 5.30. The van der Waals surface area contributed by atoms with E-state index in [2.05, 4.69) is 10.6 Å². The molecule has 2 aliphatic carbocycles. The molecule has 2 bridgehead atoms. The Bertz CT molecular complexity index is 808. The van der Waals surface area contributed by atoms with Gasteiger partial charge in [0.05, 0.1) is 18.8 Å². The van der Waals surface area contributed by atoms with Crippen molar-refractivity contribution < 1.29 is 22.7 Å². The van der Waals surface area contributed by atoms with Crippen LogP contribution in [0.25, 0.3) is 0 Å². The zero-order valence-corrected chi connectivity index (χ0v) is 15.7. The van der Waals surface area contributed by atoms with E-state index in [0.717, 1.165) is 19.3 Å². The minimum Gasteiger partial charge on any atom is -0.469 e. The van der Waals surface area contributed by atoms with Gasteiger partial charge in [-0.3, -0.25) is 4.79 Å². The molecule has 2 N–H and O–H groups in total. The summed E-state index contributed by atoms with van der Waals surface area (Å²) in [6.07, 6.45) is 4.11. The SMILES string of the molecule is COC(=O)[C@H]1[C@H]2CC[C@@H](C2)[C@@H]1NC(=O)Nc1cccc(CS(C)(=O)=O)c1. The maximum absolute atomic E-state index is 12.4. The van der Waals surface area contributed by atoms with E-state index >= 15 is 0 Å². The molecule has 142 valence electrons. The molecule has 26 heavy (non-hydrogen) atoms. The Morgan fingerprint density at radius 3 is 2.65 bits per heavy atom. The summed E-state index contributed by atoms with van der Waals surface area (Å²) < 4.78 is 27.8. The lowest BCUT2D eigenvalue weighted by molar-refractivity contribution is -0.148. The van der Waals surface area contributed by atoms with E-state index < -0.39 is 15.9 Å². The standard InChI is InChI=1S/C18H24N2O5S/c1-25-17(21)15-12-6-7-13(9-12)16(15)20-18(22)19-14-5-3-4-11(8-14)10-26(2,23)24/h3-5,8,12-13,15-16H,6-7,9-10H2,1-2H3,(H2,19,20,22)/t12-,13-,15-,16-/m0/s1. The van der Waals surface area contributed by atoms with Crippen LogP contribution in [0, 0.1) is 17.8 Å². The summed E-state index contributed by atoms with van der Waals surface area (Å²) in [7, 11) is -1.77. The molecular weight excluding hydrogens is 356 g/mol. The topological polar surface area (TPSA) is 102 Å². The first-order valence-electron chi connectivity index (χ1n) is 8.69. The predicted octanol–water partition coefficient (Wildman–Crippen LogP) is 1.94. The molecule has 2 saturated carbocycles. The second-order valence-electron chi connectivity index (χ2n) is 7.28. The number of amides is 2. The Labute approximate surface area is 153 Å². The third-order valence-corrected chi connectivity index (χ3v) is 6.16. The smallest absolute Gasteiger partial charge is 0.319 e. The van der Waals surface area contributed by atoms with Gasteiger partial charge in [-0.05, 0) is 48.8 Å². The van der Waals surface area contributed by atoms with Crippen molar-refractivity contribution in [2.24, 2.45) is 17.8 Å². The fourth-order valence-electron chi connectivity index (χ4n) is 4.33. The van der Waals surface area contributed by atoms with Gasteiger partial charge in [-0.2, -0.15) is 0 Å². The molecule has 0 spiro atoms. The first kappa shape index (κ1) is 18.7. The van der Waals surface area contributed by atoms with E-state index in [-0.39, 0.29) is 29.6 Å². The van der Waals surface area contributed by atoms with Crippen molar-refractivity contribution in [1.29, 1.82) is 0 Å². The average molecular weight is 380 g/mol. The van der Waals surface area contributed by atoms with Crippen LogP contribution in [0.3, 0.4) is 0 Å². The summed E-state index contributed by atoms with van der Waals surface area (Å²) in [6, 6.07) is 6.12. The Morgan fingerprint density at radius 1 is 1.23 bits per heavy atom. The Hall–Kier alpha value is -2.09. The summed E-state index contributed by atoms with van der Waals surface area (Å²) in [5.74, 6) is -0.0676. The minimum absolute atomic E-state index is 0.0824. The van der Waals surface area contributed by atoms with Gasteiger partial charge < -0.3 is 15.4 Å². The summed E-state index contributed by atoms with van der Waals surface area (Å²) in [6.45, 7) is 0. The molecule has 2 amide bonds. The Morgan fingerprint density at radius 2 is 1.96 bits per heavy atom. The van der Waals surface area contributed by atoms with E-state index in [1.807, 2.05) is 0 Å². The highest BCUT2D eigenvalue weighted by atomic mass is 32.2. The van der Waals surface area contributed by atoms with Gasteiger partial charge in [0.2, 0.25) is 0 Å². The molecule has 7 nitrogen and oxygen atoms in total. The van der Waals surface area contributed by atoms with Crippen LogP contribution in [0.2, 0.25) is 0 Å². The molecule has 0 aliphatic heterocycles. The highest BCUT2D eigenvalue weighted by Gasteiger charge is 2.52. The monoisotopic (exact) mass is 380 g/mol. The number of carbonyl (C=O) groups excluding carboxylic acids is 2. The average Bonchev–Trinajstić information content (AvgIpc) is 3.14. The van der Waals surface area contributed by atoms with Crippen LogP contribution in [-0.2, 0) is 25.1 Å². The number of rotatable bonds is 5. The lowest BCUT2D eigenvalue weighted by atomic mass is 9.84. The summed E-state index contributed by atoms with van der Waals surface area (Å²) in [5, 5.41) is 5.66. The molecule has 8 heteroatoms. The number of urea groups is 1. The molecule has 0 heterocycles. The highest BCUT2D eigenvalue weighted by Crippen LogP contribution is 2.48. The van der Waals surface area contributed by atoms with Crippen molar-refractivity contribution in [1.82, 2.24) is 5.32 Å². The van der Waals surface area contributed by atoms with Crippen molar-refractivity contribution in [2.75, 3.05) is 18.7 Å². The van der Waals surface area contributed by atoms with Crippen LogP contribution in [0.5, 0.6) is 0 Å². The van der Waals surface area contributed by atoms with Crippen LogP contribution in [0.4, 0.5) is 10.5 Å². The molecule has 3 rings (SSSR count). The number of nitrogens with one attached hydrogen (secondary N) is 2. The Balaban J connectivity index is 1.65. The van der Waals surface area contributed by atoms with Crippen molar-refractivity contribution in [3.8, 4) is 0 Å². The molecule has 1 aromatic rings. The van der Waals surface area contributed by atoms with Crippen LogP contribution < -0.4 is 10.6 Å². The number of ether oxygens (including phenoxy) is 1. The number of sulfone groups is 1. The Kier molecular flexibility index (Phi) is 5.22. The van der Waals surface area contributed by atoms with Crippen molar-refractivity contribution in [3.63, 3.8) is 0 Å². The number of methoxy groups -OCH3 is 1. The lowest BCUT2D eigenvalue weighted by Gasteiger charge is -2.29. The second-order valence-corrected chi connectivity index (χ2v) is 9.42. The summed E-state index contributed by atoms with van der Waals surface area (Å²) in [5.41, 5.74) is 1.12. The van der Waals surface area contributed by atoms with Gasteiger partial charge in [0.25, 0.3) is 0 Å². The maximum Gasteiger partial charge on any atom is 0.319 e. The fourth-order valence-corrected chi connectivity index (χ4v) is 5.12. The predicted molar refractivity (Wildman–Crippen MR) is 97.3 cm³/mol. The van der Waals surface area contributed by atoms with Gasteiger partial charge in [0, 0.05) is 18.0 Å². The van der Waals surface area contributed by atoms with Crippen LogP contribution in [0.15, 0.2) is 24.3 Å². The molecule has 2 fully saturated rings. The summed E-state index contributed by atoms with van der Waals surface area (Å²) in [4.78, 5) is 24.5. The van der Waals surface area contributed by atoms with Gasteiger partial charge in [-0.1, -0.05) is 12.1 Å². The first-order valence-corrected chi connectivity index (χ1v) is 10.7. The van der Waals surface area contributed by atoms with Gasteiger partial charge in [-0.15, -0.1) is 0 Å². The summed E-state index contributed by atoms with van der Waals surface area (Å²) >= 11 is 0. The van der Waals surface area contributed by atoms with Crippen molar-refractivity contribution in [2.45, 2.75) is 31.1 Å². The number of hydrogen-bond donors (Lipinski definition) is 2. The van der Waals surface area contributed by atoms with Crippen molar-refractivity contribution in [3.05, 3.63) is 29.8 Å². The van der Waals surface area contributed by atoms with Gasteiger partial charge >= 0.3 is 12.0 Å². The normalized spacial score (nSPS) is 27.2. The highest BCUT2D eigenvalue weighted by molar-refractivity contribution is 7.89. The third kappa shape index (κ3) is 4.17. The van der Waals surface area contributed by atoms with Crippen LogP contribution >= 0.6 is 0 Å². The number of esters is 1. The second kappa shape index (κ2) is 7.26. The lowest BCUT2D eigenvalue weighted by Crippen LogP contribution is -2.48. The maximum atomic E-state index is 12.4.